The van der Waals surface area contributed by atoms with Crippen molar-refractivity contribution in [2.24, 2.45) is 0 Å². The molecule has 1 atom stereocenters. The van der Waals surface area contributed by atoms with Gasteiger partial charge in [-0.2, -0.15) is 5.48 Å². The summed E-state index contributed by atoms with van der Waals surface area (Å²) in [5.41, 5.74) is 1.22. The summed E-state index contributed by atoms with van der Waals surface area (Å²) in [5.74, 6) is 0.519. The highest BCUT2D eigenvalue weighted by molar-refractivity contribution is 7.99. The lowest BCUT2D eigenvalue weighted by molar-refractivity contribution is -0.274. The molecule has 8 nitrogen and oxygen atoms in total. The first kappa shape index (κ1) is 25.7. The van der Waals surface area contributed by atoms with E-state index in [1.54, 1.807) is 45.2 Å². The van der Waals surface area contributed by atoms with Crippen LogP contribution in [-0.2, 0) is 4.79 Å². The smallest absolute Gasteiger partial charge is 0.457 e. The summed E-state index contributed by atoms with van der Waals surface area (Å²) in [6, 6.07) is 11.0. The number of nitrogens with one attached hydrogen (secondary N) is 1. The van der Waals surface area contributed by atoms with Crippen LogP contribution in [0.2, 0.25) is 0 Å². The van der Waals surface area contributed by atoms with E-state index < -0.39 is 24.0 Å². The van der Waals surface area contributed by atoms with Gasteiger partial charge in [-0.25, -0.2) is 4.79 Å². The fourth-order valence-corrected chi connectivity index (χ4v) is 4.04. The van der Waals surface area contributed by atoms with Crippen LogP contribution >= 0.6 is 11.8 Å². The van der Waals surface area contributed by atoms with Crippen molar-refractivity contribution in [1.29, 1.82) is 0 Å². The van der Waals surface area contributed by atoms with E-state index >= 15 is 0 Å². The van der Waals surface area contributed by atoms with Gasteiger partial charge < -0.3 is 19.6 Å². The first-order valence-electron chi connectivity index (χ1n) is 10.2. The predicted octanol–water partition coefficient (Wildman–Crippen LogP) is 4.49. The van der Waals surface area contributed by atoms with Crippen molar-refractivity contribution in [1.82, 2.24) is 15.3 Å². The number of amides is 3. The van der Waals surface area contributed by atoms with Gasteiger partial charge >= 0.3 is 12.4 Å². The van der Waals surface area contributed by atoms with Gasteiger partial charge in [0.15, 0.2) is 0 Å². The number of carbonyl (C=O) groups excluding carboxylic acids is 2. The number of urea groups is 1. The summed E-state index contributed by atoms with van der Waals surface area (Å²) in [4.78, 5) is 28.2. The summed E-state index contributed by atoms with van der Waals surface area (Å²) in [6.07, 6.45) is -4.76. The topological polar surface area (TPSA) is 91.3 Å². The molecular formula is C22H24F3N3O5S. The molecule has 0 radical (unpaired) electrons. The van der Waals surface area contributed by atoms with Crippen LogP contribution in [0.4, 0.5) is 18.0 Å². The van der Waals surface area contributed by atoms with Gasteiger partial charge in [0, 0.05) is 24.2 Å². The van der Waals surface area contributed by atoms with E-state index in [0.717, 1.165) is 21.9 Å². The zero-order valence-corrected chi connectivity index (χ0v) is 19.4. The molecule has 1 aliphatic heterocycles. The van der Waals surface area contributed by atoms with E-state index in [4.69, 9.17) is 4.74 Å². The van der Waals surface area contributed by atoms with Crippen LogP contribution in [0.3, 0.4) is 0 Å². The predicted molar refractivity (Wildman–Crippen MR) is 118 cm³/mol. The molecule has 184 valence electrons. The Hall–Kier alpha value is -2.96. The minimum Gasteiger partial charge on any atom is -0.457 e. The minimum absolute atomic E-state index is 0.0180. The van der Waals surface area contributed by atoms with Crippen molar-refractivity contribution in [3.05, 3.63) is 48.5 Å². The van der Waals surface area contributed by atoms with Gasteiger partial charge in [-0.1, -0.05) is 0 Å². The first-order valence-corrected chi connectivity index (χ1v) is 11.1. The van der Waals surface area contributed by atoms with Gasteiger partial charge in [0.1, 0.15) is 22.8 Å². The molecule has 0 bridgehead atoms. The molecule has 3 rings (SSSR count). The van der Waals surface area contributed by atoms with Crippen LogP contribution < -0.4 is 15.0 Å². The second-order valence-corrected chi connectivity index (χ2v) is 9.14. The van der Waals surface area contributed by atoms with Crippen LogP contribution in [0.1, 0.15) is 13.8 Å². The molecule has 2 aromatic carbocycles. The maximum absolute atomic E-state index is 12.5. The molecule has 0 saturated carbocycles. The third-order valence-corrected chi connectivity index (χ3v) is 6.45. The average Bonchev–Trinajstić information content (AvgIpc) is 2.92. The maximum Gasteiger partial charge on any atom is 0.573 e. The lowest BCUT2D eigenvalue weighted by Gasteiger charge is -2.22. The highest BCUT2D eigenvalue weighted by atomic mass is 32.2. The van der Waals surface area contributed by atoms with Gasteiger partial charge in [-0.05, 0) is 62.4 Å². The van der Waals surface area contributed by atoms with E-state index in [9.17, 15) is 28.0 Å². The Bertz CT molecular complexity index is 1020. The highest BCUT2D eigenvalue weighted by Gasteiger charge is 2.49. The lowest BCUT2D eigenvalue weighted by atomic mass is 10.1. The van der Waals surface area contributed by atoms with Gasteiger partial charge in [0.2, 0.25) is 0 Å². The second kappa shape index (κ2) is 10.1. The van der Waals surface area contributed by atoms with Crippen LogP contribution in [0.5, 0.6) is 17.2 Å². The van der Waals surface area contributed by atoms with Crippen LogP contribution in [0.15, 0.2) is 53.4 Å². The zero-order chi connectivity index (χ0) is 25.1. The molecular weight excluding hydrogens is 475 g/mol. The summed E-state index contributed by atoms with van der Waals surface area (Å²) in [5, 5.41) is 9.51. The molecule has 34 heavy (non-hydrogen) atoms. The summed E-state index contributed by atoms with van der Waals surface area (Å²) in [7, 11) is 1.56. The fraction of sp³-hybridized carbons (Fsp3) is 0.364. The normalized spacial score (nSPS) is 16.7. The molecule has 2 N–H and O–H groups in total. The van der Waals surface area contributed by atoms with Crippen molar-refractivity contribution in [3.8, 4) is 17.2 Å². The Morgan fingerprint density at radius 2 is 1.56 bits per heavy atom. The molecule has 3 amide bonds. The minimum atomic E-state index is -4.76. The van der Waals surface area contributed by atoms with Gasteiger partial charge in [-0.3, -0.25) is 9.69 Å². The molecule has 1 heterocycles. The number of carbonyl (C=O) groups is 2. The molecule has 1 saturated heterocycles. The van der Waals surface area contributed by atoms with Crippen molar-refractivity contribution in [3.63, 3.8) is 0 Å². The molecule has 1 aliphatic rings. The fourth-order valence-electron chi connectivity index (χ4n) is 3.14. The van der Waals surface area contributed by atoms with Crippen LogP contribution in [-0.4, -0.2) is 64.2 Å². The maximum atomic E-state index is 12.5. The quantitative estimate of drug-likeness (QED) is 0.298. The largest absolute Gasteiger partial charge is 0.573 e. The molecule has 2 aromatic rings. The number of imide groups is 1. The number of nitrogens with zero attached hydrogens (tertiary/aromatic N) is 2. The second-order valence-electron chi connectivity index (χ2n) is 8.05. The van der Waals surface area contributed by atoms with E-state index in [-0.39, 0.29) is 18.2 Å². The molecule has 0 aromatic heterocycles. The lowest BCUT2D eigenvalue weighted by Crippen LogP contribution is -2.45. The first-order chi connectivity index (χ1) is 15.9. The van der Waals surface area contributed by atoms with Crippen LogP contribution in [0, 0.1) is 0 Å². The zero-order valence-electron chi connectivity index (χ0n) is 18.6. The summed E-state index contributed by atoms with van der Waals surface area (Å²) < 4.78 is 46.2. The van der Waals surface area contributed by atoms with Crippen LogP contribution in [0.25, 0.3) is 0 Å². The Morgan fingerprint density at radius 3 is 2.03 bits per heavy atom. The van der Waals surface area contributed by atoms with E-state index in [2.05, 4.69) is 10.2 Å². The number of likely N-dealkylation sites (N-methyl/N-ethyl adjacent to an activating group) is 1. The molecule has 12 heteroatoms. The van der Waals surface area contributed by atoms with Crippen molar-refractivity contribution in [2.75, 3.05) is 19.3 Å². The third kappa shape index (κ3) is 6.13. The Labute approximate surface area is 198 Å². The van der Waals surface area contributed by atoms with Crippen molar-refractivity contribution >= 4 is 23.7 Å². The standard InChI is InChI=1S/C22H24F3N3O5S/c1-21(2)19(29)28(20(30)27(21)3)12-14(26-31)13-34-18-10-8-16(9-11-18)32-15-4-6-17(7-5-15)33-22(23,24)25/h4-11,14,26,31H,12-13H2,1-3H3. The summed E-state index contributed by atoms with van der Waals surface area (Å²) >= 11 is 1.40. The average molecular weight is 500 g/mol. The highest BCUT2D eigenvalue weighted by Crippen LogP contribution is 2.30. The number of hydrogen-bond donors (Lipinski definition) is 2. The Balaban J connectivity index is 1.53. The number of halogens is 3. The molecule has 0 aliphatic carbocycles. The molecule has 1 fully saturated rings. The monoisotopic (exact) mass is 499 g/mol. The van der Waals surface area contributed by atoms with Gasteiger partial charge in [0.05, 0.1) is 6.04 Å². The number of ether oxygens (including phenoxy) is 2. The number of hydroxylamine groups is 1. The Kier molecular flexibility index (Phi) is 7.64. The van der Waals surface area contributed by atoms with E-state index in [1.165, 1.54) is 28.8 Å². The number of hydrogen-bond acceptors (Lipinski definition) is 7. The van der Waals surface area contributed by atoms with Gasteiger partial charge in [-0.15, -0.1) is 24.9 Å². The van der Waals surface area contributed by atoms with Gasteiger partial charge in [0.25, 0.3) is 5.91 Å². The van der Waals surface area contributed by atoms with E-state index in [1.807, 2.05) is 0 Å². The Morgan fingerprint density at radius 1 is 1.03 bits per heavy atom. The number of thioether (sulfide) groups is 1. The third-order valence-electron chi connectivity index (χ3n) is 5.28. The SMILES string of the molecule is CN1C(=O)N(CC(CSc2ccc(Oc3ccc(OC(F)(F)F)cc3)cc2)NO)C(=O)C1(C)C. The molecule has 1 unspecified atom stereocenters. The van der Waals surface area contributed by atoms with E-state index in [0.29, 0.717) is 17.3 Å². The summed E-state index contributed by atoms with van der Waals surface area (Å²) in [6.45, 7) is 3.35. The molecule has 0 spiro atoms. The number of rotatable bonds is 9. The number of alkyl halides is 3. The van der Waals surface area contributed by atoms with Crippen molar-refractivity contribution < 1.29 is 37.4 Å². The number of benzene rings is 2. The van der Waals surface area contributed by atoms with Crippen molar-refractivity contribution in [2.45, 2.75) is 36.7 Å².